The largest absolute Gasteiger partial charge is 0.462 e. The highest BCUT2D eigenvalue weighted by molar-refractivity contribution is 5.71. The Labute approximate surface area is 361 Å². The molecule has 0 amide bonds. The van der Waals surface area contributed by atoms with Crippen molar-refractivity contribution in [3.05, 3.63) is 0 Å². The highest BCUT2D eigenvalue weighted by Gasteiger charge is 2.19. The van der Waals surface area contributed by atoms with Gasteiger partial charge in [-0.05, 0) is 31.1 Å². The van der Waals surface area contributed by atoms with Gasteiger partial charge in [-0.2, -0.15) is 0 Å². The summed E-state index contributed by atoms with van der Waals surface area (Å²) in [5.74, 6) is 0.818. The molecule has 0 N–H and O–H groups in total. The van der Waals surface area contributed by atoms with E-state index in [2.05, 4.69) is 34.6 Å². The molecule has 0 aromatic rings. The summed E-state index contributed by atoms with van der Waals surface area (Å²) in [6, 6.07) is 0. The molecule has 0 rings (SSSR count). The second kappa shape index (κ2) is 44.9. The van der Waals surface area contributed by atoms with E-state index >= 15 is 0 Å². The number of rotatable bonds is 46. The van der Waals surface area contributed by atoms with E-state index in [4.69, 9.17) is 14.2 Å². The molecule has 1 unspecified atom stereocenters. The van der Waals surface area contributed by atoms with E-state index in [9.17, 15) is 14.4 Å². The first kappa shape index (κ1) is 56.4. The van der Waals surface area contributed by atoms with Crippen LogP contribution in [-0.4, -0.2) is 37.2 Å². The standard InChI is InChI=1S/C52H100O6/c1-6-8-9-10-11-22-26-32-37-42-50(53)56-45-49(46-57-51(54)43-38-33-29-28-31-36-41-48(5)7-2)58-52(55)44-39-34-27-24-21-19-17-15-13-12-14-16-18-20-23-25-30-35-40-47(3)4/h47-49H,6-46H2,1-5H3/t48?,49-/m1/s1. The van der Waals surface area contributed by atoms with Crippen molar-refractivity contribution in [2.24, 2.45) is 11.8 Å². The molecular formula is C52H100O6. The highest BCUT2D eigenvalue weighted by Crippen LogP contribution is 2.18. The Morgan fingerprint density at radius 3 is 0.983 bits per heavy atom. The van der Waals surface area contributed by atoms with Crippen LogP contribution in [0, 0.1) is 11.8 Å². The van der Waals surface area contributed by atoms with Gasteiger partial charge in [-0.1, -0.05) is 247 Å². The van der Waals surface area contributed by atoms with Crippen molar-refractivity contribution >= 4 is 17.9 Å². The third-order valence-corrected chi connectivity index (χ3v) is 12.1. The van der Waals surface area contributed by atoms with E-state index in [0.717, 1.165) is 69.6 Å². The zero-order valence-corrected chi connectivity index (χ0v) is 39.7. The van der Waals surface area contributed by atoms with Crippen LogP contribution in [0.15, 0.2) is 0 Å². The molecule has 0 radical (unpaired) electrons. The maximum absolute atomic E-state index is 12.8. The predicted octanol–water partition coefficient (Wildman–Crippen LogP) is 16.5. The van der Waals surface area contributed by atoms with E-state index in [1.165, 1.54) is 173 Å². The first-order valence-corrected chi connectivity index (χ1v) is 25.8. The normalized spacial score (nSPS) is 12.5. The zero-order chi connectivity index (χ0) is 42.6. The summed E-state index contributed by atoms with van der Waals surface area (Å²) >= 11 is 0. The number of unbranched alkanes of at least 4 members (excludes halogenated alkanes) is 30. The highest BCUT2D eigenvalue weighted by atomic mass is 16.6. The third kappa shape index (κ3) is 44.0. The second-order valence-electron chi connectivity index (χ2n) is 18.5. The van der Waals surface area contributed by atoms with Crippen LogP contribution in [0.1, 0.15) is 285 Å². The SMILES string of the molecule is CCCCCCCCCCCC(=O)OC[C@H](COC(=O)CCCCCCCCC(C)CC)OC(=O)CCCCCCCCCCCCCCCCCCCCC(C)C. The quantitative estimate of drug-likeness (QED) is 0.0346. The summed E-state index contributed by atoms with van der Waals surface area (Å²) in [5.41, 5.74) is 0. The molecule has 6 nitrogen and oxygen atoms in total. The van der Waals surface area contributed by atoms with Gasteiger partial charge in [-0.3, -0.25) is 14.4 Å². The summed E-state index contributed by atoms with van der Waals surface area (Å²) < 4.78 is 16.7. The van der Waals surface area contributed by atoms with Gasteiger partial charge in [-0.25, -0.2) is 0 Å². The van der Waals surface area contributed by atoms with Crippen molar-refractivity contribution in [2.75, 3.05) is 13.2 Å². The lowest BCUT2D eigenvalue weighted by Gasteiger charge is -2.18. The Kier molecular flexibility index (Phi) is 43.7. The van der Waals surface area contributed by atoms with Crippen LogP contribution in [0.2, 0.25) is 0 Å². The average molecular weight is 821 g/mol. The van der Waals surface area contributed by atoms with Crippen molar-refractivity contribution in [3.8, 4) is 0 Å². The molecule has 0 aliphatic heterocycles. The van der Waals surface area contributed by atoms with Gasteiger partial charge < -0.3 is 14.2 Å². The molecule has 0 aliphatic carbocycles. The summed E-state index contributed by atoms with van der Waals surface area (Å²) in [6.07, 6.45) is 45.3. The van der Waals surface area contributed by atoms with Crippen LogP contribution in [0.4, 0.5) is 0 Å². The van der Waals surface area contributed by atoms with Gasteiger partial charge in [0.05, 0.1) is 0 Å². The Balaban J connectivity index is 4.19. The number of hydrogen-bond donors (Lipinski definition) is 0. The van der Waals surface area contributed by atoms with Gasteiger partial charge in [0.25, 0.3) is 0 Å². The van der Waals surface area contributed by atoms with Crippen molar-refractivity contribution < 1.29 is 28.6 Å². The summed E-state index contributed by atoms with van der Waals surface area (Å²) in [4.78, 5) is 37.8. The molecule has 0 spiro atoms. The van der Waals surface area contributed by atoms with Crippen molar-refractivity contribution in [3.63, 3.8) is 0 Å². The topological polar surface area (TPSA) is 78.9 Å². The lowest BCUT2D eigenvalue weighted by molar-refractivity contribution is -0.167. The monoisotopic (exact) mass is 821 g/mol. The number of esters is 3. The fourth-order valence-electron chi connectivity index (χ4n) is 7.78. The predicted molar refractivity (Wildman–Crippen MR) is 247 cm³/mol. The molecule has 0 bridgehead atoms. The number of carbonyl (C=O) groups excluding carboxylic acids is 3. The molecule has 58 heavy (non-hydrogen) atoms. The van der Waals surface area contributed by atoms with Gasteiger partial charge in [-0.15, -0.1) is 0 Å². The van der Waals surface area contributed by atoms with E-state index in [1.54, 1.807) is 0 Å². The third-order valence-electron chi connectivity index (χ3n) is 12.1. The van der Waals surface area contributed by atoms with Gasteiger partial charge >= 0.3 is 17.9 Å². The minimum Gasteiger partial charge on any atom is -0.462 e. The Bertz CT molecular complexity index is 887. The second-order valence-corrected chi connectivity index (χ2v) is 18.5. The number of ether oxygens (including phenoxy) is 3. The van der Waals surface area contributed by atoms with Crippen LogP contribution < -0.4 is 0 Å². The fraction of sp³-hybridized carbons (Fsp3) is 0.942. The Morgan fingerprint density at radius 1 is 0.362 bits per heavy atom. The molecule has 0 aromatic carbocycles. The maximum atomic E-state index is 12.8. The number of hydrogen-bond acceptors (Lipinski definition) is 6. The Morgan fingerprint density at radius 2 is 0.655 bits per heavy atom. The van der Waals surface area contributed by atoms with Crippen LogP contribution in [0.25, 0.3) is 0 Å². The minimum absolute atomic E-state index is 0.0648. The van der Waals surface area contributed by atoms with Crippen molar-refractivity contribution in [2.45, 2.75) is 291 Å². The first-order chi connectivity index (χ1) is 28.3. The van der Waals surface area contributed by atoms with Crippen LogP contribution in [-0.2, 0) is 28.6 Å². The van der Waals surface area contributed by atoms with Crippen molar-refractivity contribution in [1.29, 1.82) is 0 Å². The average Bonchev–Trinajstić information content (AvgIpc) is 3.21. The summed E-state index contributed by atoms with van der Waals surface area (Å²) in [6.45, 7) is 11.3. The number of carbonyl (C=O) groups is 3. The molecule has 0 aliphatic rings. The van der Waals surface area contributed by atoms with E-state index in [1.807, 2.05) is 0 Å². The van der Waals surface area contributed by atoms with E-state index in [-0.39, 0.29) is 31.1 Å². The lowest BCUT2D eigenvalue weighted by atomic mass is 10.00. The fourth-order valence-corrected chi connectivity index (χ4v) is 7.78. The summed E-state index contributed by atoms with van der Waals surface area (Å²) in [7, 11) is 0. The molecule has 0 aromatic heterocycles. The smallest absolute Gasteiger partial charge is 0.306 e. The van der Waals surface area contributed by atoms with Crippen LogP contribution in [0.3, 0.4) is 0 Å². The van der Waals surface area contributed by atoms with Crippen LogP contribution >= 0.6 is 0 Å². The van der Waals surface area contributed by atoms with E-state index in [0.29, 0.717) is 19.3 Å². The van der Waals surface area contributed by atoms with Crippen molar-refractivity contribution in [1.82, 2.24) is 0 Å². The summed E-state index contributed by atoms with van der Waals surface area (Å²) in [5, 5.41) is 0. The lowest BCUT2D eigenvalue weighted by Crippen LogP contribution is -2.30. The van der Waals surface area contributed by atoms with Gasteiger partial charge in [0.15, 0.2) is 6.10 Å². The molecule has 344 valence electrons. The molecule has 2 atom stereocenters. The van der Waals surface area contributed by atoms with Gasteiger partial charge in [0.2, 0.25) is 0 Å². The zero-order valence-electron chi connectivity index (χ0n) is 39.7. The molecule has 0 fully saturated rings. The first-order valence-electron chi connectivity index (χ1n) is 25.8. The van der Waals surface area contributed by atoms with Crippen LogP contribution in [0.5, 0.6) is 0 Å². The maximum Gasteiger partial charge on any atom is 0.306 e. The molecule has 0 saturated carbocycles. The minimum atomic E-state index is -0.761. The molecule has 0 saturated heterocycles. The van der Waals surface area contributed by atoms with E-state index < -0.39 is 6.10 Å². The molecule has 0 heterocycles. The van der Waals surface area contributed by atoms with Gasteiger partial charge in [0.1, 0.15) is 13.2 Å². The molecule has 6 heteroatoms. The Hall–Kier alpha value is -1.59. The van der Waals surface area contributed by atoms with Gasteiger partial charge in [0, 0.05) is 19.3 Å². The molecular weight excluding hydrogens is 721 g/mol.